The van der Waals surface area contributed by atoms with Crippen LogP contribution in [0.3, 0.4) is 0 Å². The maximum atomic E-state index is 14.6. The molecule has 9 heterocycles. The summed E-state index contributed by atoms with van der Waals surface area (Å²) >= 11 is 10.8. The van der Waals surface area contributed by atoms with Crippen molar-refractivity contribution in [3.63, 3.8) is 0 Å². The number of hydrogen-bond donors (Lipinski definition) is 14. The largest absolute Gasteiger partial charge is 0.693 e. The number of nitrogens with one attached hydrogen (secondary N) is 3. The number of halogens is 4. The molecule has 1 aromatic heterocycles. The number of likely N-dealkylation sites (N-methyl/N-ethyl adjacent to an activating group) is 1. The molecule has 4 aromatic carbocycles. The number of aliphatic hydroxyl groups is 6. The van der Waals surface area contributed by atoms with Crippen LogP contribution in [0.1, 0.15) is 160 Å². The number of Topliss-reactive ketones (excluding diaryl/α,β-unsaturated/α-hetero) is 1. The predicted octanol–water partition coefficient (Wildman–Crippen LogP) is 7.47. The number of aromatic amines is 1. The summed E-state index contributed by atoms with van der Waals surface area (Å²) in [4.78, 5) is 91.8. The Bertz CT molecular complexity index is 4910. The SMILES string of the molecule is CC[C@]1(O)C[C@H]2CN(CCC3c4ccccc4NC3[C@H](C(=O)OC)[C@H]2c2cc3c(cc2OC)N(C)[C@H]2[C@@](O)(C(N)=O)[C@H](O)[C@]4(CC)C=CCN5CC[C@]32[C@@H]54)C1.CN(C)/N=N/c1nc[nH]c1C(N)=O.COc1cccc2c1C(=O)c1c(O)c3c(c(O)c1C2=O)C[C@@](O)(C(=O)CO)C[C@@H]3O[C@H]1C[C@H](N)[C@H](O)[C@H](C)O1.O=P1(N(CCCl)CCCl)NCCCO1.[Cl][Pt+2][Cl].[NH2-].[NH2-]. The number of hydrogen-bond acceptors (Lipinski definition) is 29. The average molecular weight is 2040 g/mol. The van der Waals surface area contributed by atoms with E-state index in [1.54, 1.807) is 32.8 Å². The van der Waals surface area contributed by atoms with Gasteiger partial charge in [-0.3, -0.25) is 43.2 Å². The summed E-state index contributed by atoms with van der Waals surface area (Å²) in [7, 11) is 16.6. The number of piperidine rings is 1. The molecule has 3 aliphatic carbocycles. The molecular weight excluding hydrogens is 1920 g/mol. The van der Waals surface area contributed by atoms with Crippen molar-refractivity contribution in [3.05, 3.63) is 141 Å². The van der Waals surface area contributed by atoms with Crippen LogP contribution in [-0.4, -0.2) is 291 Å². The number of phenols is 2. The fourth-order valence-electron chi connectivity index (χ4n) is 21.2. The molecule has 5 saturated heterocycles. The summed E-state index contributed by atoms with van der Waals surface area (Å²) in [5, 5.41) is 106. The second-order valence-electron chi connectivity index (χ2n) is 33.4. The van der Waals surface area contributed by atoms with Gasteiger partial charge in [0, 0.05) is 166 Å². The number of alkyl halides is 2. The van der Waals surface area contributed by atoms with E-state index in [2.05, 4.69) is 64.8 Å². The maximum absolute atomic E-state index is 14.6. The first-order valence-corrected chi connectivity index (χ1v) is 49.3. The van der Waals surface area contributed by atoms with Crippen molar-refractivity contribution in [1.29, 1.82) is 0 Å². The second-order valence-corrected chi connectivity index (χ2v) is 39.7. The molecule has 1 saturated carbocycles. The molecule has 21 N–H and O–H groups in total. The van der Waals surface area contributed by atoms with Gasteiger partial charge in [-0.1, -0.05) is 61.6 Å². The minimum atomic E-state index is -2.84. The standard InChI is InChI=1S/C43H57N5O7.C27H29NO11.C7H15Cl2N2O2P.C6H10N6O.2ClH.2H2N.Pt/c1-6-40(52)21-24-22-47(23-40)17-13-26-25-11-8-9-12-29(25)45-34(26)33(35(49)55-5)32(24)27-19-28-30(20-31(27)54-4)46(3)37-42(28)15-18-48-16-10-14-41(7-2,36(42)48)38(50)43(37,53)39(44)51;1-10-22(31)13(28)6-17(38-10)39-15-8-27(36,16(30)9-29)7-12-19(15)26(35)21-20(24(12)33)23(32)11-4-3-5-14(37-2)18(11)25(21)34;8-2-5-11(6-3-9)14(12)10-4-1-7-13-14;1-12(2)11-10-6-4(5(7)13)8-3-9-6;;;;;/h8-12,14,19-20,24,26,32-34,36-38,45,50,52-53H,6-7,13,15-18,21-23H2,1-5H3,(H2,44,51);3-5,10,13,15,17,22,29,31,33,35-36H,6-9,28H2,1-2H3;1-7H2,(H,10,12);3H,1-2H3,(H2,7,13)(H,8,9);2*1H;2*1H2;/q;;;;;;2*-1;+4/p-2/b;;;11-10+;;;;;/t24-,26?,32+,33+,34?,36-,37+,38+,40-,41+,42+,43-;10-,13-,15-,17-,22+,27-;;;;;;;/m00......./s1. The topological polar surface area (TPSA) is 575 Å². The van der Waals surface area contributed by atoms with E-state index < -0.39 is 178 Å². The smallest absolute Gasteiger partial charge is 0.693 e. The summed E-state index contributed by atoms with van der Waals surface area (Å²) in [5.41, 5.74) is 13.6. The van der Waals surface area contributed by atoms with Gasteiger partial charge in [0.2, 0.25) is 11.6 Å². The molecule has 11 aliphatic rings. The van der Waals surface area contributed by atoms with E-state index in [4.69, 9.17) is 87.4 Å². The maximum Gasteiger partial charge on any atom is -0.693 e. The predicted molar refractivity (Wildman–Crippen MR) is 467 cm³/mol. The van der Waals surface area contributed by atoms with Gasteiger partial charge in [-0.2, -0.15) is 0 Å². The number of aromatic nitrogens is 2. The quantitative estimate of drug-likeness (QED) is 0.00711. The first kappa shape index (κ1) is 101. The van der Waals surface area contributed by atoms with Crippen LogP contribution in [0.15, 0.2) is 83.4 Å². The summed E-state index contributed by atoms with van der Waals surface area (Å²) in [6, 6.07) is 14.8. The van der Waals surface area contributed by atoms with Gasteiger partial charge >= 0.3 is 49.0 Å². The third-order valence-electron chi connectivity index (χ3n) is 26.6. The van der Waals surface area contributed by atoms with Gasteiger partial charge in [-0.05, 0) is 99.3 Å². The Hall–Kier alpha value is -7.11. The normalized spacial score (nSPS) is 32.2. The van der Waals surface area contributed by atoms with E-state index in [1.165, 1.54) is 49.3 Å². The Kier molecular flexibility index (Phi) is 33.0. The number of nitrogens with zero attached hydrogens (tertiary/aromatic N) is 8. The summed E-state index contributed by atoms with van der Waals surface area (Å²) in [5.74, 6) is -5.21. The van der Waals surface area contributed by atoms with E-state index in [0.29, 0.717) is 89.1 Å². The van der Waals surface area contributed by atoms with Crippen molar-refractivity contribution in [2.45, 2.75) is 167 Å². The molecule has 6 fully saturated rings. The number of nitrogens with two attached hydrogens (primary N) is 5. The molecule has 696 valence electrons. The summed E-state index contributed by atoms with van der Waals surface area (Å²) < 4.78 is 48.2. The number of H-pyrrole nitrogens is 1. The number of para-hydroxylation sites is 1. The van der Waals surface area contributed by atoms with Crippen molar-refractivity contribution < 1.29 is 119 Å². The van der Waals surface area contributed by atoms with E-state index in [-0.39, 0.29) is 88.1 Å². The molecule has 2 bridgehead atoms. The van der Waals surface area contributed by atoms with Crippen LogP contribution in [0.4, 0.5) is 17.2 Å². The van der Waals surface area contributed by atoms with Crippen molar-refractivity contribution >= 4 is 102 Å². The summed E-state index contributed by atoms with van der Waals surface area (Å²) in [6.45, 7) is 10.4. The van der Waals surface area contributed by atoms with E-state index in [0.717, 1.165) is 48.4 Å². The van der Waals surface area contributed by atoms with E-state index in [1.807, 2.05) is 50.1 Å². The zero-order chi connectivity index (χ0) is 90.2. The van der Waals surface area contributed by atoms with Gasteiger partial charge in [0.25, 0.3) is 11.8 Å². The number of carbonyl (C=O) groups excluding carboxylic acids is 6. The van der Waals surface area contributed by atoms with Gasteiger partial charge < -0.3 is 119 Å². The number of methoxy groups -OCH3 is 3. The van der Waals surface area contributed by atoms with Gasteiger partial charge in [0.15, 0.2) is 29.2 Å². The van der Waals surface area contributed by atoms with Crippen molar-refractivity contribution in [1.82, 2.24) is 34.5 Å². The van der Waals surface area contributed by atoms with Crippen molar-refractivity contribution in [3.8, 4) is 23.0 Å². The number of rotatable bonds is 19. The van der Waals surface area contributed by atoms with Crippen LogP contribution in [0.2, 0.25) is 0 Å². The molecule has 2 amide bonds. The van der Waals surface area contributed by atoms with Gasteiger partial charge in [0.05, 0.1) is 86.8 Å². The number of primary amides is 2. The van der Waals surface area contributed by atoms with Crippen LogP contribution < -0.4 is 42.0 Å². The Morgan fingerprint density at radius 2 is 1.58 bits per heavy atom. The number of phenolic OH excluding ortho intramolecular Hbond substituents is 2. The molecule has 5 aromatic rings. The fourth-order valence-corrected chi connectivity index (χ4v) is 23.8. The van der Waals surface area contributed by atoms with Gasteiger partial charge in [0.1, 0.15) is 41.3 Å². The first-order valence-electron chi connectivity index (χ1n) is 41.1. The molecular formula is C83H115Cl4N16O21PPt. The molecule has 37 nitrogen and oxygen atoms in total. The molecule has 4 unspecified atom stereocenters. The zero-order valence-electron chi connectivity index (χ0n) is 71.4. The molecule has 16 rings (SSSR count). The summed E-state index contributed by atoms with van der Waals surface area (Å²) in [6.07, 6.45) is 2.77. The number of ether oxygens (including phenoxy) is 5. The third-order valence-corrected chi connectivity index (χ3v) is 29.3. The van der Waals surface area contributed by atoms with Crippen molar-refractivity contribution in [2.24, 2.45) is 44.8 Å². The van der Waals surface area contributed by atoms with Crippen LogP contribution >= 0.6 is 49.7 Å². The van der Waals surface area contributed by atoms with E-state index >= 15 is 0 Å². The number of anilines is 2. The number of imidazole rings is 1. The molecule has 20 atom stereocenters. The molecule has 126 heavy (non-hydrogen) atoms. The Balaban J connectivity index is 0.000000201. The fraction of sp³-hybridized carbons (Fsp3) is 0.578. The van der Waals surface area contributed by atoms with Crippen LogP contribution in [0.5, 0.6) is 23.0 Å². The zero-order valence-corrected chi connectivity index (χ0v) is 77.6. The Morgan fingerprint density at radius 3 is 2.19 bits per heavy atom. The molecule has 43 heteroatoms. The number of aromatic hydroxyl groups is 2. The van der Waals surface area contributed by atoms with Gasteiger partial charge in [-0.15, -0.1) is 28.3 Å². The monoisotopic (exact) mass is 2040 g/mol. The minimum absolute atomic E-state index is 0. The number of carbonyl (C=O) groups is 6. The van der Waals surface area contributed by atoms with Crippen LogP contribution in [-0.2, 0) is 66.0 Å². The second kappa shape index (κ2) is 41.1. The number of aliphatic hydroxyl groups excluding tert-OH is 3. The third kappa shape index (κ3) is 18.3. The number of ketones is 3. The van der Waals surface area contributed by atoms with Crippen LogP contribution in [0.25, 0.3) is 12.3 Å². The molecule has 1 spiro atoms. The van der Waals surface area contributed by atoms with E-state index in [9.17, 15) is 74.2 Å². The molecule has 0 radical (unpaired) electrons. The minimum Gasteiger partial charge on any atom is -0.693 e. The Labute approximate surface area is 757 Å². The van der Waals surface area contributed by atoms with Gasteiger partial charge in [-0.25, -0.2) is 14.7 Å². The number of benzene rings is 4. The number of esters is 1. The number of amides is 2. The molecule has 8 aliphatic heterocycles. The first-order chi connectivity index (χ1) is 59.0. The Morgan fingerprint density at radius 1 is 0.889 bits per heavy atom. The average Bonchev–Trinajstić information content (AvgIpc) is 1.47. The van der Waals surface area contributed by atoms with Crippen molar-refractivity contribution in [2.75, 3.05) is 130 Å². The van der Waals surface area contributed by atoms with Crippen LogP contribution in [0, 0.1) is 17.3 Å². The number of fused-ring (bicyclic) bond motifs is 9.